The molecular formula is C7H13F3O2. The van der Waals surface area contributed by atoms with Gasteiger partial charge in [-0.1, -0.05) is 0 Å². The monoisotopic (exact) mass is 186 g/mol. The summed E-state index contributed by atoms with van der Waals surface area (Å²) in [7, 11) is 1.41. The van der Waals surface area contributed by atoms with Crippen LogP contribution in [-0.4, -0.2) is 30.6 Å². The van der Waals surface area contributed by atoms with Crippen molar-refractivity contribution in [2.24, 2.45) is 0 Å². The lowest BCUT2D eigenvalue weighted by atomic mass is 10.0. The zero-order chi connectivity index (χ0) is 9.83. The highest BCUT2D eigenvalue weighted by atomic mass is 19.4. The van der Waals surface area contributed by atoms with Crippen molar-refractivity contribution >= 4 is 0 Å². The van der Waals surface area contributed by atoms with Gasteiger partial charge in [0, 0.05) is 13.7 Å². The van der Waals surface area contributed by atoms with E-state index in [0.717, 1.165) is 6.92 Å². The van der Waals surface area contributed by atoms with Crippen molar-refractivity contribution in [3.05, 3.63) is 0 Å². The van der Waals surface area contributed by atoms with Crippen molar-refractivity contribution in [3.8, 4) is 0 Å². The largest absolute Gasteiger partial charge is 0.416 e. The van der Waals surface area contributed by atoms with Gasteiger partial charge in [-0.15, -0.1) is 0 Å². The molecule has 0 aliphatic rings. The summed E-state index contributed by atoms with van der Waals surface area (Å²) in [6, 6.07) is 0. The van der Waals surface area contributed by atoms with Crippen LogP contribution in [0, 0.1) is 0 Å². The molecule has 0 saturated heterocycles. The molecule has 1 atom stereocenters. The van der Waals surface area contributed by atoms with E-state index in [2.05, 4.69) is 4.74 Å². The highest BCUT2D eigenvalue weighted by molar-refractivity contribution is 4.80. The van der Waals surface area contributed by atoms with Crippen molar-refractivity contribution < 1.29 is 23.0 Å². The molecule has 12 heavy (non-hydrogen) atoms. The van der Waals surface area contributed by atoms with Crippen LogP contribution in [0.2, 0.25) is 0 Å². The second-order valence-corrected chi connectivity index (χ2v) is 2.87. The summed E-state index contributed by atoms with van der Waals surface area (Å²) in [4.78, 5) is 0. The Hall–Kier alpha value is -0.290. The molecule has 0 aliphatic heterocycles. The summed E-state index contributed by atoms with van der Waals surface area (Å²) in [6.07, 6.45) is -4.69. The molecule has 1 N–H and O–H groups in total. The molecule has 0 radical (unpaired) electrons. The number of hydrogen-bond donors (Lipinski definition) is 1. The third kappa shape index (κ3) is 3.40. The van der Waals surface area contributed by atoms with E-state index in [1.165, 1.54) is 7.11 Å². The molecule has 5 heteroatoms. The second kappa shape index (κ2) is 4.09. The zero-order valence-electron chi connectivity index (χ0n) is 7.11. The van der Waals surface area contributed by atoms with Crippen LogP contribution in [-0.2, 0) is 4.74 Å². The first-order valence-electron chi connectivity index (χ1n) is 3.59. The maximum absolute atomic E-state index is 12.0. The summed E-state index contributed by atoms with van der Waals surface area (Å²) >= 11 is 0. The Morgan fingerprint density at radius 1 is 1.33 bits per heavy atom. The van der Waals surface area contributed by atoms with Gasteiger partial charge in [-0.3, -0.25) is 0 Å². The molecule has 0 rings (SSSR count). The Morgan fingerprint density at radius 2 is 1.83 bits per heavy atom. The second-order valence-electron chi connectivity index (χ2n) is 2.87. The lowest BCUT2D eigenvalue weighted by Gasteiger charge is -2.25. The van der Waals surface area contributed by atoms with E-state index in [-0.39, 0.29) is 19.4 Å². The van der Waals surface area contributed by atoms with Crippen LogP contribution in [0.15, 0.2) is 0 Å². The molecule has 0 bridgehead atoms. The van der Waals surface area contributed by atoms with Gasteiger partial charge in [0.1, 0.15) is 0 Å². The summed E-state index contributed by atoms with van der Waals surface area (Å²) in [5.41, 5.74) is -2.59. The van der Waals surface area contributed by atoms with Crippen molar-refractivity contribution in [3.63, 3.8) is 0 Å². The number of methoxy groups -OCH3 is 1. The van der Waals surface area contributed by atoms with Gasteiger partial charge < -0.3 is 9.84 Å². The van der Waals surface area contributed by atoms with Crippen LogP contribution in [0.5, 0.6) is 0 Å². The SMILES string of the molecule is COCCCC(C)(O)C(F)(F)F. The van der Waals surface area contributed by atoms with Crippen LogP contribution in [0.3, 0.4) is 0 Å². The van der Waals surface area contributed by atoms with Gasteiger partial charge in [0.15, 0.2) is 5.60 Å². The van der Waals surface area contributed by atoms with Crippen LogP contribution in [0.1, 0.15) is 19.8 Å². The third-order valence-corrected chi connectivity index (χ3v) is 1.62. The molecule has 1 unspecified atom stereocenters. The normalized spacial score (nSPS) is 17.5. The van der Waals surface area contributed by atoms with E-state index in [4.69, 9.17) is 5.11 Å². The fraction of sp³-hybridized carbons (Fsp3) is 1.00. The van der Waals surface area contributed by atoms with Crippen LogP contribution in [0.4, 0.5) is 13.2 Å². The van der Waals surface area contributed by atoms with E-state index in [1.807, 2.05) is 0 Å². The highest BCUT2D eigenvalue weighted by Crippen LogP contribution is 2.33. The van der Waals surface area contributed by atoms with Gasteiger partial charge in [0.05, 0.1) is 0 Å². The lowest BCUT2D eigenvalue weighted by molar-refractivity contribution is -0.255. The molecule has 0 spiro atoms. The minimum Gasteiger partial charge on any atom is -0.385 e. The third-order valence-electron chi connectivity index (χ3n) is 1.62. The summed E-state index contributed by atoms with van der Waals surface area (Å²) in [6.45, 7) is 0.995. The molecule has 0 saturated carbocycles. The Labute approximate surface area is 69.3 Å². The Kier molecular flexibility index (Phi) is 3.99. The van der Waals surface area contributed by atoms with Crippen LogP contribution < -0.4 is 0 Å². The molecular weight excluding hydrogens is 173 g/mol. The summed E-state index contributed by atoms with van der Waals surface area (Å²) < 4.78 is 40.5. The first kappa shape index (κ1) is 11.7. The Balaban J connectivity index is 3.88. The minimum atomic E-state index is -4.55. The Bertz CT molecular complexity index is 131. The van der Waals surface area contributed by atoms with Gasteiger partial charge >= 0.3 is 6.18 Å². The average molecular weight is 186 g/mol. The first-order valence-corrected chi connectivity index (χ1v) is 3.59. The smallest absolute Gasteiger partial charge is 0.385 e. The summed E-state index contributed by atoms with van der Waals surface area (Å²) in [5, 5.41) is 8.90. The number of aliphatic hydroxyl groups is 1. The number of halogens is 3. The fourth-order valence-corrected chi connectivity index (χ4v) is 0.702. The maximum Gasteiger partial charge on any atom is 0.416 e. The van der Waals surface area contributed by atoms with E-state index in [1.54, 1.807) is 0 Å². The minimum absolute atomic E-state index is 0.197. The van der Waals surface area contributed by atoms with Gasteiger partial charge in [-0.2, -0.15) is 13.2 Å². The average Bonchev–Trinajstić information content (AvgIpc) is 1.85. The van der Waals surface area contributed by atoms with Crippen molar-refractivity contribution in [1.29, 1.82) is 0 Å². The molecule has 0 fully saturated rings. The predicted octanol–water partition coefficient (Wildman–Crippen LogP) is 1.73. The maximum atomic E-state index is 12.0. The van der Waals surface area contributed by atoms with Crippen molar-refractivity contribution in [1.82, 2.24) is 0 Å². The van der Waals surface area contributed by atoms with Gasteiger partial charge in [0.25, 0.3) is 0 Å². The number of hydrogen-bond acceptors (Lipinski definition) is 2. The quantitative estimate of drug-likeness (QED) is 0.677. The lowest BCUT2D eigenvalue weighted by Crippen LogP contribution is -2.42. The van der Waals surface area contributed by atoms with Crippen molar-refractivity contribution in [2.45, 2.75) is 31.5 Å². The topological polar surface area (TPSA) is 29.5 Å². The molecule has 0 aromatic rings. The predicted molar refractivity (Wildman–Crippen MR) is 37.8 cm³/mol. The van der Waals surface area contributed by atoms with Gasteiger partial charge in [-0.25, -0.2) is 0 Å². The van der Waals surface area contributed by atoms with Crippen LogP contribution in [0.25, 0.3) is 0 Å². The molecule has 74 valence electrons. The molecule has 0 heterocycles. The van der Waals surface area contributed by atoms with E-state index < -0.39 is 11.8 Å². The highest BCUT2D eigenvalue weighted by Gasteiger charge is 2.48. The van der Waals surface area contributed by atoms with E-state index in [0.29, 0.717) is 0 Å². The zero-order valence-corrected chi connectivity index (χ0v) is 7.11. The first-order chi connectivity index (χ1) is 5.31. The van der Waals surface area contributed by atoms with E-state index >= 15 is 0 Å². The molecule has 0 amide bonds. The Morgan fingerprint density at radius 3 is 2.17 bits per heavy atom. The van der Waals surface area contributed by atoms with E-state index in [9.17, 15) is 13.2 Å². The van der Waals surface area contributed by atoms with Crippen molar-refractivity contribution in [2.75, 3.05) is 13.7 Å². The molecule has 0 aromatic carbocycles. The number of ether oxygens (including phenoxy) is 1. The van der Waals surface area contributed by atoms with Gasteiger partial charge in [-0.05, 0) is 19.8 Å². The molecule has 0 aromatic heterocycles. The summed E-state index contributed by atoms with van der Waals surface area (Å²) in [5.74, 6) is 0. The number of rotatable bonds is 4. The molecule has 0 aliphatic carbocycles. The standard InChI is InChI=1S/C7H13F3O2/c1-6(11,7(8,9)10)4-3-5-12-2/h11H,3-5H2,1-2H3. The molecule has 2 nitrogen and oxygen atoms in total. The van der Waals surface area contributed by atoms with Crippen LogP contribution >= 0.6 is 0 Å². The van der Waals surface area contributed by atoms with Gasteiger partial charge in [0.2, 0.25) is 0 Å². The fourth-order valence-electron chi connectivity index (χ4n) is 0.702. The number of alkyl halides is 3.